The van der Waals surface area contributed by atoms with Crippen LogP contribution in [0.2, 0.25) is 0 Å². The molecule has 114 valence electrons. The van der Waals surface area contributed by atoms with E-state index in [4.69, 9.17) is 4.42 Å². The Balaban J connectivity index is 1.67. The van der Waals surface area contributed by atoms with E-state index in [2.05, 4.69) is 17.1 Å². The molecule has 3 rings (SSSR count). The highest BCUT2D eigenvalue weighted by Crippen LogP contribution is 2.30. The summed E-state index contributed by atoms with van der Waals surface area (Å²) in [5, 5.41) is 3.64. The van der Waals surface area contributed by atoms with Crippen molar-refractivity contribution >= 4 is 12.0 Å². The molecule has 21 heavy (non-hydrogen) atoms. The highest BCUT2D eigenvalue weighted by molar-refractivity contribution is 5.91. The van der Waals surface area contributed by atoms with Crippen molar-refractivity contribution in [2.75, 3.05) is 6.54 Å². The summed E-state index contributed by atoms with van der Waals surface area (Å²) in [5.41, 5.74) is 0. The number of carbonyl (C=O) groups is 1. The Hall–Kier alpha value is -1.55. The normalized spacial score (nSPS) is 28.1. The van der Waals surface area contributed by atoms with Gasteiger partial charge in [0.05, 0.1) is 6.26 Å². The van der Waals surface area contributed by atoms with Crippen LogP contribution in [0, 0.1) is 0 Å². The molecule has 0 aliphatic carbocycles. The largest absolute Gasteiger partial charge is 0.465 e. The van der Waals surface area contributed by atoms with E-state index < -0.39 is 0 Å². The Morgan fingerprint density at radius 2 is 2.19 bits per heavy atom. The lowest BCUT2D eigenvalue weighted by atomic mass is 9.97. The van der Waals surface area contributed by atoms with Gasteiger partial charge in [0.25, 0.3) is 0 Å². The second-order valence-electron chi connectivity index (χ2n) is 6.14. The Kier molecular flexibility index (Phi) is 4.44. The first-order chi connectivity index (χ1) is 10.3. The lowest BCUT2D eigenvalue weighted by molar-refractivity contribution is -0.129. The smallest absolute Gasteiger partial charge is 0.246 e. The zero-order valence-corrected chi connectivity index (χ0v) is 12.6. The number of rotatable bonds is 5. The van der Waals surface area contributed by atoms with Crippen molar-refractivity contribution in [3.63, 3.8) is 0 Å². The second-order valence-corrected chi connectivity index (χ2v) is 6.14. The van der Waals surface area contributed by atoms with Gasteiger partial charge in [0.2, 0.25) is 5.91 Å². The molecule has 0 aromatic carbocycles. The zero-order valence-electron chi connectivity index (χ0n) is 12.6. The lowest BCUT2D eigenvalue weighted by Gasteiger charge is -2.37. The second kappa shape index (κ2) is 6.48. The third kappa shape index (κ3) is 3.38. The van der Waals surface area contributed by atoms with Crippen LogP contribution in [-0.4, -0.2) is 35.5 Å². The molecule has 0 spiro atoms. The van der Waals surface area contributed by atoms with Gasteiger partial charge in [0, 0.05) is 30.7 Å². The minimum Gasteiger partial charge on any atom is -0.465 e. The van der Waals surface area contributed by atoms with E-state index >= 15 is 0 Å². The fraction of sp³-hybridized carbons (Fsp3) is 0.588. The van der Waals surface area contributed by atoms with Gasteiger partial charge in [-0.2, -0.15) is 0 Å². The van der Waals surface area contributed by atoms with Crippen LogP contribution < -0.4 is 5.32 Å². The van der Waals surface area contributed by atoms with Crippen molar-refractivity contribution < 1.29 is 9.21 Å². The molecule has 2 aliphatic rings. The van der Waals surface area contributed by atoms with Crippen molar-refractivity contribution in [2.45, 2.75) is 57.2 Å². The predicted octanol–water partition coefficient (Wildman–Crippen LogP) is 2.81. The van der Waals surface area contributed by atoms with Crippen LogP contribution in [0.1, 0.15) is 44.8 Å². The first kappa shape index (κ1) is 14.4. The van der Waals surface area contributed by atoms with Gasteiger partial charge in [0.1, 0.15) is 5.76 Å². The third-order valence-electron chi connectivity index (χ3n) is 4.57. The van der Waals surface area contributed by atoms with Gasteiger partial charge in [-0.1, -0.05) is 6.92 Å². The highest BCUT2D eigenvalue weighted by atomic mass is 16.3. The summed E-state index contributed by atoms with van der Waals surface area (Å²) in [5.74, 6) is 0.838. The van der Waals surface area contributed by atoms with Gasteiger partial charge in [0.15, 0.2) is 0 Å². The maximum Gasteiger partial charge on any atom is 0.246 e. The molecule has 2 atom stereocenters. The number of piperidine rings is 1. The molecule has 3 heterocycles. The molecule has 1 amide bonds. The van der Waals surface area contributed by atoms with Crippen molar-refractivity contribution in [1.82, 2.24) is 10.2 Å². The van der Waals surface area contributed by atoms with Gasteiger partial charge < -0.3 is 14.6 Å². The van der Waals surface area contributed by atoms with E-state index in [9.17, 15) is 4.79 Å². The summed E-state index contributed by atoms with van der Waals surface area (Å²) in [6, 6.07) is 5.29. The monoisotopic (exact) mass is 288 g/mol. The summed E-state index contributed by atoms with van der Waals surface area (Å²) >= 11 is 0. The topological polar surface area (TPSA) is 45.5 Å². The molecule has 2 saturated heterocycles. The third-order valence-corrected chi connectivity index (χ3v) is 4.57. The number of hydrogen-bond donors (Lipinski definition) is 1. The average molecular weight is 288 g/mol. The van der Waals surface area contributed by atoms with Crippen LogP contribution in [0.4, 0.5) is 0 Å². The molecule has 1 N–H and O–H groups in total. The van der Waals surface area contributed by atoms with Crippen molar-refractivity contribution in [3.05, 3.63) is 30.2 Å². The van der Waals surface area contributed by atoms with E-state index in [1.165, 1.54) is 12.8 Å². The van der Waals surface area contributed by atoms with Crippen LogP contribution in [0.25, 0.3) is 6.08 Å². The van der Waals surface area contributed by atoms with Gasteiger partial charge in [-0.15, -0.1) is 0 Å². The molecule has 2 aliphatic heterocycles. The van der Waals surface area contributed by atoms with Crippen molar-refractivity contribution in [3.8, 4) is 0 Å². The molecule has 2 unspecified atom stereocenters. The fourth-order valence-electron chi connectivity index (χ4n) is 3.63. The average Bonchev–Trinajstić information content (AvgIpc) is 3.12. The molecule has 2 fully saturated rings. The summed E-state index contributed by atoms with van der Waals surface area (Å²) in [6.45, 7) is 2.97. The lowest BCUT2D eigenvalue weighted by Crippen LogP contribution is -2.50. The number of fused-ring (bicyclic) bond motifs is 2. The van der Waals surface area contributed by atoms with Crippen LogP contribution in [0.5, 0.6) is 0 Å². The van der Waals surface area contributed by atoms with E-state index in [0.29, 0.717) is 18.1 Å². The number of carbonyl (C=O) groups excluding carboxylic acids is 1. The molecular weight excluding hydrogens is 264 g/mol. The quantitative estimate of drug-likeness (QED) is 0.847. The Bertz CT molecular complexity index is 483. The maximum absolute atomic E-state index is 12.5. The minimum atomic E-state index is 0.111. The van der Waals surface area contributed by atoms with Crippen LogP contribution in [-0.2, 0) is 4.79 Å². The summed E-state index contributed by atoms with van der Waals surface area (Å²) in [4.78, 5) is 14.6. The Labute approximate surface area is 126 Å². The van der Waals surface area contributed by atoms with Crippen LogP contribution in [0.3, 0.4) is 0 Å². The van der Waals surface area contributed by atoms with Gasteiger partial charge in [-0.25, -0.2) is 0 Å². The summed E-state index contributed by atoms with van der Waals surface area (Å²) < 4.78 is 5.25. The van der Waals surface area contributed by atoms with Crippen molar-refractivity contribution in [1.29, 1.82) is 0 Å². The van der Waals surface area contributed by atoms with Gasteiger partial charge >= 0.3 is 0 Å². The number of nitrogens with one attached hydrogen (secondary N) is 1. The number of hydrogen-bond acceptors (Lipinski definition) is 3. The molecule has 0 radical (unpaired) electrons. The molecule has 1 aromatic heterocycles. The van der Waals surface area contributed by atoms with Crippen molar-refractivity contribution in [2.24, 2.45) is 0 Å². The van der Waals surface area contributed by atoms with E-state index in [0.717, 1.165) is 31.6 Å². The zero-order chi connectivity index (χ0) is 14.7. The summed E-state index contributed by atoms with van der Waals surface area (Å²) in [7, 11) is 0. The van der Waals surface area contributed by atoms with Crippen LogP contribution >= 0.6 is 0 Å². The Morgan fingerprint density at radius 3 is 2.81 bits per heavy atom. The Morgan fingerprint density at radius 1 is 1.43 bits per heavy atom. The number of nitrogens with zero attached hydrogens (tertiary/aromatic N) is 1. The van der Waals surface area contributed by atoms with E-state index in [1.54, 1.807) is 18.4 Å². The maximum atomic E-state index is 12.5. The minimum absolute atomic E-state index is 0.111. The molecule has 4 nitrogen and oxygen atoms in total. The summed E-state index contributed by atoms with van der Waals surface area (Å²) in [6.07, 6.45) is 10.7. The van der Waals surface area contributed by atoms with Crippen LogP contribution in [0.15, 0.2) is 28.9 Å². The van der Waals surface area contributed by atoms with Gasteiger partial charge in [-0.05, 0) is 50.3 Å². The van der Waals surface area contributed by atoms with E-state index in [-0.39, 0.29) is 5.91 Å². The predicted molar refractivity (Wildman–Crippen MR) is 82.7 cm³/mol. The molecule has 0 saturated carbocycles. The number of furan rings is 1. The fourth-order valence-corrected chi connectivity index (χ4v) is 3.63. The standard InChI is InChI=1S/C17H24N2O2/c1-2-9-19(15-11-13-5-6-14(12-15)18-13)17(20)8-7-16-4-3-10-21-16/h3-4,7-8,10,13-15,18H,2,5-6,9,11-12H2,1H3/b8-7+. The molecule has 2 bridgehead atoms. The molecule has 1 aromatic rings. The SMILES string of the molecule is CCCN(C(=O)/C=C/c1ccco1)C1CC2CCC(C1)N2. The molecular formula is C17H24N2O2. The first-order valence-electron chi connectivity index (χ1n) is 8.04. The first-order valence-corrected chi connectivity index (χ1v) is 8.04. The highest BCUT2D eigenvalue weighted by Gasteiger charge is 2.36. The number of amides is 1. The molecule has 4 heteroatoms. The van der Waals surface area contributed by atoms with Gasteiger partial charge in [-0.3, -0.25) is 4.79 Å². The van der Waals surface area contributed by atoms with E-state index in [1.807, 2.05) is 12.1 Å².